The summed E-state index contributed by atoms with van der Waals surface area (Å²) in [7, 11) is 0. The summed E-state index contributed by atoms with van der Waals surface area (Å²) in [6.45, 7) is 3.11. The van der Waals surface area contributed by atoms with Gasteiger partial charge < -0.3 is 4.90 Å². The van der Waals surface area contributed by atoms with E-state index >= 15 is 0 Å². The maximum atomic E-state index is 13.2. The molecule has 0 radical (unpaired) electrons. The van der Waals surface area contributed by atoms with Gasteiger partial charge in [-0.05, 0) is 29.7 Å². The van der Waals surface area contributed by atoms with Crippen LogP contribution in [0.1, 0.15) is 17.5 Å². The standard InChI is InChI=1S/C20H21F2N3O3/c21-18-6-4-15(13-19(18)22)5-7-20(26)24-10-8-23(9-11-24)14-16-2-1-3-17(12-16)25(27)28/h1-4,6,12-13H,5,7-11,14H2. The number of halogens is 2. The third kappa shape index (κ3) is 5.10. The molecule has 2 aromatic rings. The quantitative estimate of drug-likeness (QED) is 0.562. The Labute approximate surface area is 161 Å². The minimum absolute atomic E-state index is 0.0141. The van der Waals surface area contributed by atoms with Crippen LogP contribution < -0.4 is 0 Å². The number of non-ortho nitro benzene ring substituents is 1. The topological polar surface area (TPSA) is 66.7 Å². The molecular weight excluding hydrogens is 368 g/mol. The summed E-state index contributed by atoms with van der Waals surface area (Å²) >= 11 is 0. The second-order valence-corrected chi connectivity index (χ2v) is 6.83. The SMILES string of the molecule is O=C(CCc1ccc(F)c(F)c1)N1CCN(Cc2cccc([N+](=O)[O-])c2)CC1. The van der Waals surface area contributed by atoms with E-state index in [4.69, 9.17) is 0 Å². The van der Waals surface area contributed by atoms with Crippen LogP contribution in [0.2, 0.25) is 0 Å². The average molecular weight is 389 g/mol. The molecule has 28 heavy (non-hydrogen) atoms. The van der Waals surface area contributed by atoms with Crippen LogP contribution in [0.5, 0.6) is 0 Å². The summed E-state index contributed by atoms with van der Waals surface area (Å²) in [4.78, 5) is 26.8. The van der Waals surface area contributed by atoms with E-state index in [9.17, 15) is 23.7 Å². The third-order valence-electron chi connectivity index (χ3n) is 4.86. The molecule has 2 aromatic carbocycles. The van der Waals surface area contributed by atoms with Crippen molar-refractivity contribution in [2.24, 2.45) is 0 Å². The van der Waals surface area contributed by atoms with Gasteiger partial charge in [-0.25, -0.2) is 8.78 Å². The van der Waals surface area contributed by atoms with Crippen molar-refractivity contribution in [1.29, 1.82) is 0 Å². The number of nitrogens with zero attached hydrogens (tertiary/aromatic N) is 3. The Morgan fingerprint density at radius 2 is 1.75 bits per heavy atom. The molecule has 8 heteroatoms. The van der Waals surface area contributed by atoms with Crippen LogP contribution in [0.25, 0.3) is 0 Å². The van der Waals surface area contributed by atoms with Crippen LogP contribution in [0.4, 0.5) is 14.5 Å². The van der Waals surface area contributed by atoms with E-state index in [1.54, 1.807) is 17.0 Å². The van der Waals surface area contributed by atoms with Gasteiger partial charge in [-0.3, -0.25) is 19.8 Å². The van der Waals surface area contributed by atoms with Gasteiger partial charge in [0.15, 0.2) is 11.6 Å². The van der Waals surface area contributed by atoms with Gasteiger partial charge in [0, 0.05) is 51.3 Å². The lowest BCUT2D eigenvalue weighted by molar-refractivity contribution is -0.384. The van der Waals surface area contributed by atoms with Gasteiger partial charge in [0.25, 0.3) is 5.69 Å². The van der Waals surface area contributed by atoms with Crippen LogP contribution in [0.3, 0.4) is 0 Å². The van der Waals surface area contributed by atoms with Gasteiger partial charge in [0.1, 0.15) is 0 Å². The average Bonchev–Trinajstić information content (AvgIpc) is 2.69. The first kappa shape index (κ1) is 19.9. The largest absolute Gasteiger partial charge is 0.340 e. The minimum atomic E-state index is -0.903. The van der Waals surface area contributed by atoms with Crippen LogP contribution in [-0.4, -0.2) is 46.8 Å². The number of rotatable bonds is 6. The number of benzene rings is 2. The van der Waals surface area contributed by atoms with Crippen LogP contribution in [-0.2, 0) is 17.8 Å². The van der Waals surface area contributed by atoms with Crippen molar-refractivity contribution >= 4 is 11.6 Å². The lowest BCUT2D eigenvalue weighted by atomic mass is 10.1. The number of carbonyl (C=O) groups excluding carboxylic acids is 1. The number of carbonyl (C=O) groups is 1. The summed E-state index contributed by atoms with van der Waals surface area (Å²) in [6.07, 6.45) is 0.611. The fourth-order valence-corrected chi connectivity index (χ4v) is 3.29. The highest BCUT2D eigenvalue weighted by molar-refractivity contribution is 5.76. The molecule has 0 spiro atoms. The van der Waals surface area contributed by atoms with E-state index in [1.807, 2.05) is 6.07 Å². The molecule has 0 saturated carbocycles. The van der Waals surface area contributed by atoms with E-state index in [-0.39, 0.29) is 18.0 Å². The predicted molar refractivity (Wildman–Crippen MR) is 99.6 cm³/mol. The molecule has 0 N–H and O–H groups in total. The fourth-order valence-electron chi connectivity index (χ4n) is 3.29. The third-order valence-corrected chi connectivity index (χ3v) is 4.86. The molecule has 0 unspecified atom stereocenters. The summed E-state index contributed by atoms with van der Waals surface area (Å²) in [5, 5.41) is 10.9. The molecule has 3 rings (SSSR count). The first-order valence-corrected chi connectivity index (χ1v) is 9.10. The van der Waals surface area contributed by atoms with Crippen molar-refractivity contribution < 1.29 is 18.5 Å². The van der Waals surface area contributed by atoms with E-state index in [0.717, 1.165) is 17.7 Å². The van der Waals surface area contributed by atoms with Crippen molar-refractivity contribution in [3.63, 3.8) is 0 Å². The van der Waals surface area contributed by atoms with Gasteiger partial charge in [-0.2, -0.15) is 0 Å². The molecular formula is C20H21F2N3O3. The molecule has 0 atom stereocenters. The molecule has 6 nitrogen and oxygen atoms in total. The maximum Gasteiger partial charge on any atom is 0.269 e. The van der Waals surface area contributed by atoms with Crippen molar-refractivity contribution in [2.75, 3.05) is 26.2 Å². The van der Waals surface area contributed by atoms with Gasteiger partial charge in [0.05, 0.1) is 4.92 Å². The molecule has 1 saturated heterocycles. The van der Waals surface area contributed by atoms with Crippen LogP contribution in [0, 0.1) is 21.7 Å². The summed E-state index contributed by atoms with van der Waals surface area (Å²) in [5.41, 5.74) is 1.53. The normalized spacial score (nSPS) is 14.9. The Hall–Kier alpha value is -2.87. The lowest BCUT2D eigenvalue weighted by Gasteiger charge is -2.34. The Morgan fingerprint density at radius 3 is 2.43 bits per heavy atom. The van der Waals surface area contributed by atoms with E-state index in [2.05, 4.69) is 4.90 Å². The molecule has 1 aliphatic heterocycles. The highest BCUT2D eigenvalue weighted by Crippen LogP contribution is 2.16. The first-order valence-electron chi connectivity index (χ1n) is 9.10. The lowest BCUT2D eigenvalue weighted by Crippen LogP contribution is -2.48. The van der Waals surface area contributed by atoms with Gasteiger partial charge >= 0.3 is 0 Å². The molecule has 148 valence electrons. The molecule has 1 heterocycles. The fraction of sp³-hybridized carbons (Fsp3) is 0.350. The smallest absolute Gasteiger partial charge is 0.269 e. The molecule has 0 bridgehead atoms. The van der Waals surface area contributed by atoms with E-state index < -0.39 is 16.6 Å². The van der Waals surface area contributed by atoms with Crippen molar-refractivity contribution in [3.8, 4) is 0 Å². The van der Waals surface area contributed by atoms with Crippen molar-refractivity contribution in [3.05, 3.63) is 75.3 Å². The number of piperazine rings is 1. The molecule has 0 aromatic heterocycles. The Bertz CT molecular complexity index is 868. The maximum absolute atomic E-state index is 13.2. The second-order valence-electron chi connectivity index (χ2n) is 6.83. The first-order chi connectivity index (χ1) is 13.4. The monoisotopic (exact) mass is 389 g/mol. The highest BCUT2D eigenvalue weighted by atomic mass is 19.2. The Kier molecular flexibility index (Phi) is 6.30. The molecule has 0 aliphatic carbocycles. The van der Waals surface area contributed by atoms with Gasteiger partial charge in [0.2, 0.25) is 5.91 Å². The number of nitro groups is 1. The predicted octanol–water partition coefficient (Wildman–Crippen LogP) is 3.15. The minimum Gasteiger partial charge on any atom is -0.340 e. The second kappa shape index (κ2) is 8.88. The summed E-state index contributed by atoms with van der Waals surface area (Å²) in [5.74, 6) is -1.81. The molecule has 1 fully saturated rings. The zero-order chi connectivity index (χ0) is 20.1. The summed E-state index contributed by atoms with van der Waals surface area (Å²) < 4.78 is 26.2. The van der Waals surface area contributed by atoms with Crippen LogP contribution in [0.15, 0.2) is 42.5 Å². The van der Waals surface area contributed by atoms with Gasteiger partial charge in [-0.1, -0.05) is 18.2 Å². The van der Waals surface area contributed by atoms with E-state index in [1.165, 1.54) is 12.1 Å². The zero-order valence-electron chi connectivity index (χ0n) is 15.3. The Balaban J connectivity index is 1.46. The number of nitro benzene ring substituents is 1. The van der Waals surface area contributed by atoms with Gasteiger partial charge in [-0.15, -0.1) is 0 Å². The number of aryl methyl sites for hydroxylation is 1. The number of hydrogen-bond donors (Lipinski definition) is 0. The van der Waals surface area contributed by atoms with Crippen molar-refractivity contribution in [2.45, 2.75) is 19.4 Å². The van der Waals surface area contributed by atoms with Crippen molar-refractivity contribution in [1.82, 2.24) is 9.80 Å². The highest BCUT2D eigenvalue weighted by Gasteiger charge is 2.21. The Morgan fingerprint density at radius 1 is 1.00 bits per heavy atom. The molecule has 1 aliphatic rings. The number of hydrogen-bond acceptors (Lipinski definition) is 4. The van der Waals surface area contributed by atoms with E-state index in [0.29, 0.717) is 44.7 Å². The summed E-state index contributed by atoms with van der Waals surface area (Å²) in [6, 6.07) is 10.2. The number of amides is 1. The van der Waals surface area contributed by atoms with Crippen LogP contribution >= 0.6 is 0 Å². The zero-order valence-corrected chi connectivity index (χ0v) is 15.3. The molecule has 1 amide bonds.